The second kappa shape index (κ2) is 5.29. The van der Waals surface area contributed by atoms with Gasteiger partial charge in [-0.1, -0.05) is 23.2 Å². The number of aromatic nitrogens is 2. The average molecular weight is 273 g/mol. The van der Waals surface area contributed by atoms with Crippen molar-refractivity contribution in [1.82, 2.24) is 10.2 Å². The Kier molecular flexibility index (Phi) is 3.76. The maximum Gasteiger partial charge on any atom is 0.151 e. The number of hydrogen-bond acceptors (Lipinski definition) is 3. The summed E-state index contributed by atoms with van der Waals surface area (Å²) in [7, 11) is 0. The Labute approximate surface area is 107 Å². The quantitative estimate of drug-likeness (QED) is 0.858. The van der Waals surface area contributed by atoms with Gasteiger partial charge in [0.15, 0.2) is 5.15 Å². The van der Waals surface area contributed by atoms with Gasteiger partial charge in [0.2, 0.25) is 0 Å². The molecule has 0 amide bonds. The lowest BCUT2D eigenvalue weighted by molar-refractivity contribution is 0.299. The lowest BCUT2D eigenvalue weighted by atomic mass is 10.3. The predicted molar refractivity (Wildman–Crippen MR) is 62.8 cm³/mol. The molecule has 17 heavy (non-hydrogen) atoms. The number of hydrogen-bond donors (Lipinski definition) is 0. The van der Waals surface area contributed by atoms with Crippen LogP contribution in [0.2, 0.25) is 10.2 Å². The van der Waals surface area contributed by atoms with E-state index in [0.717, 1.165) is 0 Å². The van der Waals surface area contributed by atoms with Gasteiger partial charge in [0.05, 0.1) is 5.02 Å². The van der Waals surface area contributed by atoms with E-state index in [4.69, 9.17) is 27.9 Å². The van der Waals surface area contributed by atoms with Crippen LogP contribution in [0.3, 0.4) is 0 Å². The first-order valence-corrected chi connectivity index (χ1v) is 5.47. The molecule has 0 aliphatic carbocycles. The summed E-state index contributed by atoms with van der Waals surface area (Å²) in [5.74, 6) is -0.0153. The molecule has 0 fully saturated rings. The molecule has 6 heteroatoms. The van der Waals surface area contributed by atoms with Gasteiger partial charge in [0.1, 0.15) is 23.9 Å². The summed E-state index contributed by atoms with van der Waals surface area (Å²) < 4.78 is 18.2. The SMILES string of the molecule is Fc1ccc(OCc2ccc(Cl)nn2)c(Cl)c1. The molecule has 0 spiro atoms. The number of rotatable bonds is 3. The standard InChI is InChI=1S/C11H7Cl2FN2O/c12-9-5-7(14)1-3-10(9)17-6-8-2-4-11(13)16-15-8/h1-5H,6H2. The van der Waals surface area contributed by atoms with Crippen LogP contribution < -0.4 is 4.74 Å². The van der Waals surface area contributed by atoms with Crippen molar-refractivity contribution in [3.63, 3.8) is 0 Å². The van der Waals surface area contributed by atoms with Crippen LogP contribution in [0, 0.1) is 5.82 Å². The van der Waals surface area contributed by atoms with Crippen molar-refractivity contribution in [2.24, 2.45) is 0 Å². The van der Waals surface area contributed by atoms with Crippen LogP contribution in [-0.4, -0.2) is 10.2 Å². The highest BCUT2D eigenvalue weighted by Gasteiger charge is 2.04. The Morgan fingerprint density at radius 3 is 2.59 bits per heavy atom. The Morgan fingerprint density at radius 2 is 1.94 bits per heavy atom. The van der Waals surface area contributed by atoms with Crippen LogP contribution in [0.1, 0.15) is 5.69 Å². The molecule has 1 heterocycles. The van der Waals surface area contributed by atoms with Crippen LogP contribution in [0.25, 0.3) is 0 Å². The van der Waals surface area contributed by atoms with Crippen LogP contribution in [-0.2, 0) is 6.61 Å². The Bertz CT molecular complexity index is 519. The van der Waals surface area contributed by atoms with Gasteiger partial charge in [-0.2, -0.15) is 5.10 Å². The number of ether oxygens (including phenoxy) is 1. The first-order chi connectivity index (χ1) is 8.15. The van der Waals surface area contributed by atoms with Crippen LogP contribution in [0.4, 0.5) is 4.39 Å². The third kappa shape index (κ3) is 3.28. The van der Waals surface area contributed by atoms with Gasteiger partial charge in [0.25, 0.3) is 0 Å². The molecule has 3 nitrogen and oxygen atoms in total. The summed E-state index contributed by atoms with van der Waals surface area (Å²) in [6.07, 6.45) is 0. The largest absolute Gasteiger partial charge is 0.486 e. The van der Waals surface area contributed by atoms with Gasteiger partial charge in [-0.15, -0.1) is 5.10 Å². The molecule has 0 aliphatic heterocycles. The Hall–Kier alpha value is -1.39. The normalized spacial score (nSPS) is 10.3. The molecule has 0 N–H and O–H groups in total. The molecule has 0 saturated carbocycles. The van der Waals surface area contributed by atoms with Crippen LogP contribution in [0.15, 0.2) is 30.3 Å². The zero-order valence-corrected chi connectivity index (χ0v) is 10.0. The van der Waals surface area contributed by atoms with Crippen molar-refractivity contribution in [2.75, 3.05) is 0 Å². The van der Waals surface area contributed by atoms with Crippen molar-refractivity contribution < 1.29 is 9.13 Å². The molecule has 0 radical (unpaired) electrons. The smallest absolute Gasteiger partial charge is 0.151 e. The first kappa shape index (κ1) is 12.1. The lowest BCUT2D eigenvalue weighted by Gasteiger charge is -2.06. The van der Waals surface area contributed by atoms with Crippen molar-refractivity contribution >= 4 is 23.2 Å². The summed E-state index contributed by atoms with van der Waals surface area (Å²) in [5, 5.41) is 8.02. The summed E-state index contributed by atoms with van der Waals surface area (Å²) >= 11 is 11.4. The van der Waals surface area contributed by atoms with Gasteiger partial charge in [-0.05, 0) is 30.3 Å². The average Bonchev–Trinajstić information content (AvgIpc) is 2.30. The third-order valence-corrected chi connectivity index (χ3v) is 2.45. The van der Waals surface area contributed by atoms with Gasteiger partial charge in [-0.3, -0.25) is 0 Å². The van der Waals surface area contributed by atoms with E-state index < -0.39 is 5.82 Å². The zero-order chi connectivity index (χ0) is 12.3. The minimum Gasteiger partial charge on any atom is -0.486 e. The van der Waals surface area contributed by atoms with E-state index in [1.54, 1.807) is 12.1 Å². The second-order valence-electron chi connectivity index (χ2n) is 3.21. The van der Waals surface area contributed by atoms with Gasteiger partial charge in [0, 0.05) is 0 Å². The predicted octanol–water partition coefficient (Wildman–Crippen LogP) is 3.50. The number of benzene rings is 1. The van der Waals surface area contributed by atoms with Crippen molar-refractivity contribution in [2.45, 2.75) is 6.61 Å². The fourth-order valence-electron chi connectivity index (χ4n) is 1.16. The maximum atomic E-state index is 12.8. The molecule has 1 aromatic heterocycles. The molecular weight excluding hydrogens is 266 g/mol. The maximum absolute atomic E-state index is 12.8. The Morgan fingerprint density at radius 1 is 1.12 bits per heavy atom. The monoisotopic (exact) mass is 272 g/mol. The van der Waals surface area contributed by atoms with E-state index in [1.807, 2.05) is 0 Å². The second-order valence-corrected chi connectivity index (χ2v) is 4.01. The van der Waals surface area contributed by atoms with Crippen molar-refractivity contribution in [3.8, 4) is 5.75 Å². The minimum absolute atomic E-state index is 0.190. The van der Waals surface area contributed by atoms with E-state index in [2.05, 4.69) is 10.2 Å². The number of halogens is 3. The van der Waals surface area contributed by atoms with Crippen molar-refractivity contribution in [3.05, 3.63) is 52.0 Å². The van der Waals surface area contributed by atoms with Crippen LogP contribution >= 0.6 is 23.2 Å². The molecule has 1 aromatic carbocycles. The lowest BCUT2D eigenvalue weighted by Crippen LogP contribution is -2.00. The summed E-state index contributed by atoms with van der Waals surface area (Å²) in [6.45, 7) is 0.190. The molecule has 2 aromatic rings. The highest BCUT2D eigenvalue weighted by Crippen LogP contribution is 2.25. The molecule has 0 saturated heterocycles. The van der Waals surface area contributed by atoms with E-state index in [1.165, 1.54) is 18.2 Å². The molecule has 0 aliphatic rings. The van der Waals surface area contributed by atoms with E-state index >= 15 is 0 Å². The summed E-state index contributed by atoms with van der Waals surface area (Å²) in [5.41, 5.74) is 0.606. The zero-order valence-electron chi connectivity index (χ0n) is 8.53. The third-order valence-electron chi connectivity index (χ3n) is 1.96. The van der Waals surface area contributed by atoms with Gasteiger partial charge < -0.3 is 4.74 Å². The van der Waals surface area contributed by atoms with Crippen molar-refractivity contribution in [1.29, 1.82) is 0 Å². The highest BCUT2D eigenvalue weighted by molar-refractivity contribution is 6.32. The summed E-state index contributed by atoms with van der Waals surface area (Å²) in [4.78, 5) is 0. The fourth-order valence-corrected chi connectivity index (χ4v) is 1.49. The highest BCUT2D eigenvalue weighted by atomic mass is 35.5. The van der Waals surface area contributed by atoms with E-state index in [9.17, 15) is 4.39 Å². The molecule has 0 atom stereocenters. The van der Waals surface area contributed by atoms with Crippen LogP contribution in [0.5, 0.6) is 5.75 Å². The van der Waals surface area contributed by atoms with Gasteiger partial charge in [-0.25, -0.2) is 4.39 Å². The fraction of sp³-hybridized carbons (Fsp3) is 0.0909. The Balaban J connectivity index is 2.04. The molecular formula is C11H7Cl2FN2O. The molecule has 0 unspecified atom stereocenters. The topological polar surface area (TPSA) is 35.0 Å². The van der Waals surface area contributed by atoms with E-state index in [-0.39, 0.29) is 11.6 Å². The summed E-state index contributed by atoms with van der Waals surface area (Å²) in [6, 6.07) is 7.21. The first-order valence-electron chi connectivity index (χ1n) is 4.71. The molecule has 0 bridgehead atoms. The van der Waals surface area contributed by atoms with E-state index in [0.29, 0.717) is 16.6 Å². The number of nitrogens with zero attached hydrogens (tertiary/aromatic N) is 2. The minimum atomic E-state index is -0.409. The molecule has 2 rings (SSSR count). The molecule has 88 valence electrons. The van der Waals surface area contributed by atoms with Gasteiger partial charge >= 0.3 is 0 Å².